The minimum atomic E-state index is -4.21. The number of benzene rings is 1. The molecular weight excluding hydrogens is 640 g/mol. The fraction of sp³-hybridized carbons (Fsp3) is 0.138. The topological polar surface area (TPSA) is 193 Å². The van der Waals surface area contributed by atoms with Crippen LogP contribution in [0.2, 0.25) is 0 Å². The summed E-state index contributed by atoms with van der Waals surface area (Å²) in [4.78, 5) is 28.9. The number of nitrogens with one attached hydrogen (secondary N) is 3. The van der Waals surface area contributed by atoms with Crippen molar-refractivity contribution in [3.63, 3.8) is 0 Å². The monoisotopic (exact) mass is 664 g/mol. The molecule has 0 atom stereocenters. The molecule has 46 heavy (non-hydrogen) atoms. The third kappa shape index (κ3) is 6.15. The molecule has 0 saturated heterocycles. The Balaban J connectivity index is 1.32. The quantitative estimate of drug-likeness (QED) is 0.206. The number of sulfonamides is 2. The van der Waals surface area contributed by atoms with Crippen LogP contribution in [0.3, 0.4) is 0 Å². The van der Waals surface area contributed by atoms with E-state index < -0.39 is 38.3 Å². The van der Waals surface area contributed by atoms with Crippen LogP contribution < -0.4 is 10.1 Å². The van der Waals surface area contributed by atoms with Crippen LogP contribution in [0.1, 0.15) is 0 Å². The van der Waals surface area contributed by atoms with Crippen LogP contribution in [0.4, 0.5) is 10.1 Å². The van der Waals surface area contributed by atoms with Crippen LogP contribution in [-0.2, 0) is 24.8 Å². The van der Waals surface area contributed by atoms with Crippen molar-refractivity contribution < 1.29 is 30.8 Å². The van der Waals surface area contributed by atoms with Gasteiger partial charge in [-0.25, -0.2) is 21.2 Å². The number of amides is 1. The lowest BCUT2D eigenvalue weighted by Gasteiger charge is -2.17. The molecule has 0 aliphatic carbocycles. The molecule has 3 N–H and O–H groups in total. The summed E-state index contributed by atoms with van der Waals surface area (Å²) >= 11 is 0. The molecule has 6 rings (SSSR count). The van der Waals surface area contributed by atoms with E-state index in [1.807, 2.05) is 6.07 Å². The number of H-pyrrole nitrogens is 2. The normalized spacial score (nSPS) is 12.2. The summed E-state index contributed by atoms with van der Waals surface area (Å²) in [7, 11) is -6.95. The van der Waals surface area contributed by atoms with Gasteiger partial charge in [-0.2, -0.15) is 5.10 Å². The molecule has 5 heterocycles. The van der Waals surface area contributed by atoms with Gasteiger partial charge >= 0.3 is 0 Å². The van der Waals surface area contributed by atoms with E-state index in [2.05, 4.69) is 35.5 Å². The molecule has 0 saturated carbocycles. The van der Waals surface area contributed by atoms with Crippen LogP contribution >= 0.6 is 0 Å². The van der Waals surface area contributed by atoms with Gasteiger partial charge in [0.1, 0.15) is 23.8 Å². The number of ether oxygens (including phenoxy) is 1. The molecule has 0 radical (unpaired) electrons. The molecule has 14 nitrogen and oxygen atoms in total. The highest BCUT2D eigenvalue weighted by Gasteiger charge is 2.29. The number of rotatable bonds is 9. The number of pyridine rings is 3. The number of fused-ring (bicyclic) bond motifs is 2. The first-order chi connectivity index (χ1) is 21.8. The number of hydrogen-bond acceptors (Lipinski definition) is 10. The van der Waals surface area contributed by atoms with E-state index in [1.54, 1.807) is 36.8 Å². The SMILES string of the molecule is COc1cc(F)cc(-c2cncc3[nH]c(-c4n[nH]c5cnc(-c6cncc(NC(=O)CN(S(C)(=O)=O)S(C)(=O)=O)c6)cc45)cc23)c1. The highest BCUT2D eigenvalue weighted by Crippen LogP contribution is 2.35. The predicted octanol–water partition coefficient (Wildman–Crippen LogP) is 3.54. The Kier molecular flexibility index (Phi) is 7.75. The van der Waals surface area contributed by atoms with Crippen molar-refractivity contribution >= 4 is 53.4 Å². The number of aromatic nitrogens is 6. The largest absolute Gasteiger partial charge is 0.497 e. The molecule has 0 bridgehead atoms. The highest BCUT2D eigenvalue weighted by atomic mass is 32.3. The molecule has 0 aliphatic heterocycles. The van der Waals surface area contributed by atoms with Crippen molar-refractivity contribution in [1.29, 1.82) is 0 Å². The summed E-state index contributed by atoms with van der Waals surface area (Å²) in [6, 6.07) is 9.68. The molecule has 0 aliphatic rings. The molecule has 6 aromatic rings. The number of nitrogens with zero attached hydrogens (tertiary/aromatic N) is 5. The molecule has 1 amide bonds. The fourth-order valence-corrected chi connectivity index (χ4v) is 7.64. The standard InChI is InChI=1S/C29H25FN8O6S2/c1-44-20-6-16(4-18(30)7-20)23-12-32-13-26-21(23)8-25(35-26)29-22-9-24(33-14-27(22)36-37-29)17-5-19(11-31-10-17)34-28(39)15-38(45(2,40)41)46(3,42)43/h4-14,35H,15H2,1-3H3,(H,34,39)(H,36,37). The van der Waals surface area contributed by atoms with Gasteiger partial charge in [0.25, 0.3) is 0 Å². The summed E-state index contributed by atoms with van der Waals surface area (Å²) in [5, 5.41) is 11.4. The smallest absolute Gasteiger partial charge is 0.240 e. The van der Waals surface area contributed by atoms with E-state index in [1.165, 1.54) is 31.6 Å². The van der Waals surface area contributed by atoms with Crippen LogP contribution in [0, 0.1) is 5.82 Å². The molecule has 0 spiro atoms. The Morgan fingerprint density at radius 1 is 0.891 bits per heavy atom. The van der Waals surface area contributed by atoms with Gasteiger partial charge in [0.05, 0.1) is 66.3 Å². The lowest BCUT2D eigenvalue weighted by Crippen LogP contribution is -2.41. The Labute approximate surface area is 261 Å². The molecule has 236 valence electrons. The van der Waals surface area contributed by atoms with Gasteiger partial charge in [0.15, 0.2) is 0 Å². The first-order valence-corrected chi connectivity index (χ1v) is 17.1. The van der Waals surface area contributed by atoms with Crippen molar-refractivity contribution in [3.8, 4) is 39.5 Å². The molecule has 0 unspecified atom stereocenters. The third-order valence-corrected chi connectivity index (χ3v) is 10.4. The second kappa shape index (κ2) is 11.6. The van der Waals surface area contributed by atoms with Crippen molar-refractivity contribution in [1.82, 2.24) is 33.8 Å². The van der Waals surface area contributed by atoms with Crippen molar-refractivity contribution in [2.45, 2.75) is 0 Å². The van der Waals surface area contributed by atoms with Gasteiger partial charge in [0, 0.05) is 40.4 Å². The summed E-state index contributed by atoms with van der Waals surface area (Å²) in [6.07, 6.45) is 9.16. The number of carbonyl (C=O) groups is 1. The maximum Gasteiger partial charge on any atom is 0.240 e. The number of carbonyl (C=O) groups excluding carboxylic acids is 1. The van der Waals surface area contributed by atoms with Gasteiger partial charge in [-0.15, -0.1) is 0 Å². The van der Waals surface area contributed by atoms with Crippen molar-refractivity contribution in [2.75, 3.05) is 31.5 Å². The maximum absolute atomic E-state index is 14.3. The van der Waals surface area contributed by atoms with Gasteiger partial charge in [-0.05, 0) is 35.9 Å². The minimum absolute atomic E-state index is 0.112. The van der Waals surface area contributed by atoms with E-state index in [0.717, 1.165) is 5.39 Å². The first-order valence-electron chi connectivity index (χ1n) is 13.4. The number of hydrogen-bond donors (Lipinski definition) is 3. The Morgan fingerprint density at radius 2 is 1.65 bits per heavy atom. The van der Waals surface area contributed by atoms with Crippen molar-refractivity contribution in [3.05, 3.63) is 73.2 Å². The number of halogens is 1. The second-order valence-electron chi connectivity index (χ2n) is 10.4. The average molecular weight is 665 g/mol. The van der Waals surface area contributed by atoms with Gasteiger partial charge in [-0.1, -0.05) is 3.71 Å². The van der Waals surface area contributed by atoms with E-state index >= 15 is 0 Å². The number of anilines is 1. The minimum Gasteiger partial charge on any atom is -0.497 e. The lowest BCUT2D eigenvalue weighted by atomic mass is 10.0. The lowest BCUT2D eigenvalue weighted by molar-refractivity contribution is -0.115. The Hall–Kier alpha value is -5.26. The average Bonchev–Trinajstić information content (AvgIpc) is 3.62. The van der Waals surface area contributed by atoms with Crippen LogP contribution in [0.25, 0.3) is 55.6 Å². The Morgan fingerprint density at radius 3 is 2.39 bits per heavy atom. The zero-order valence-electron chi connectivity index (χ0n) is 24.4. The molecular formula is C29H25FN8O6S2. The van der Waals surface area contributed by atoms with E-state index in [0.29, 0.717) is 68.5 Å². The van der Waals surface area contributed by atoms with Gasteiger partial charge < -0.3 is 15.0 Å². The summed E-state index contributed by atoms with van der Waals surface area (Å²) < 4.78 is 67.3. The molecule has 5 aromatic heterocycles. The van der Waals surface area contributed by atoms with E-state index in [-0.39, 0.29) is 9.40 Å². The van der Waals surface area contributed by atoms with Gasteiger partial charge in [0.2, 0.25) is 26.0 Å². The van der Waals surface area contributed by atoms with Crippen LogP contribution in [-0.4, -0.2) is 82.8 Å². The third-order valence-electron chi connectivity index (χ3n) is 7.00. The first kappa shape index (κ1) is 30.8. The number of methoxy groups -OCH3 is 1. The van der Waals surface area contributed by atoms with Crippen LogP contribution in [0.5, 0.6) is 5.75 Å². The van der Waals surface area contributed by atoms with Crippen molar-refractivity contribution in [2.24, 2.45) is 0 Å². The van der Waals surface area contributed by atoms with E-state index in [9.17, 15) is 26.0 Å². The molecule has 1 aromatic carbocycles. The second-order valence-corrected chi connectivity index (χ2v) is 14.4. The zero-order chi connectivity index (χ0) is 32.8. The molecule has 0 fully saturated rings. The number of aromatic amines is 2. The fourth-order valence-electron chi connectivity index (χ4n) is 4.97. The zero-order valence-corrected chi connectivity index (χ0v) is 26.1. The highest BCUT2D eigenvalue weighted by molar-refractivity contribution is 8.03. The maximum atomic E-state index is 14.3. The summed E-state index contributed by atoms with van der Waals surface area (Å²) in [5.74, 6) is -0.938. The summed E-state index contributed by atoms with van der Waals surface area (Å²) in [5.41, 5.74) is 5.08. The van der Waals surface area contributed by atoms with E-state index in [4.69, 9.17) is 4.74 Å². The predicted molar refractivity (Wildman–Crippen MR) is 169 cm³/mol. The molecule has 17 heteroatoms. The summed E-state index contributed by atoms with van der Waals surface area (Å²) in [6.45, 7) is -0.932. The van der Waals surface area contributed by atoms with Crippen LogP contribution in [0.15, 0.2) is 67.4 Å². The van der Waals surface area contributed by atoms with Gasteiger partial charge in [-0.3, -0.25) is 24.8 Å². The Bertz CT molecular complexity index is 2340.